The number of hydrogen-bond donors (Lipinski definition) is 0. The largest absolute Gasteiger partial charge is 0.454 e. The third-order valence-electron chi connectivity index (χ3n) is 4.44. The molecule has 0 saturated carbocycles. The monoisotopic (exact) mass is 328 g/mol. The smallest absolute Gasteiger partial charge is 0.246 e. The Kier molecular flexibility index (Phi) is 3.48. The molecule has 0 unspecified atom stereocenters. The zero-order chi connectivity index (χ0) is 16.7. The first-order chi connectivity index (χ1) is 11.6. The van der Waals surface area contributed by atoms with Crippen LogP contribution in [-0.2, 0) is 14.4 Å². The molecule has 0 N–H and O–H groups in total. The van der Waals surface area contributed by atoms with Gasteiger partial charge in [0.1, 0.15) is 0 Å². The van der Waals surface area contributed by atoms with Crippen molar-refractivity contribution in [2.45, 2.75) is 18.9 Å². The Morgan fingerprint density at radius 2 is 1.79 bits per heavy atom. The van der Waals surface area contributed by atoms with Crippen LogP contribution in [0.15, 0.2) is 24.3 Å². The molecule has 0 aliphatic carbocycles. The van der Waals surface area contributed by atoms with Gasteiger partial charge in [0.15, 0.2) is 11.5 Å². The highest BCUT2D eigenvalue weighted by molar-refractivity contribution is 6.02. The van der Waals surface area contributed by atoms with Gasteiger partial charge in [0.05, 0.1) is 6.04 Å². The van der Waals surface area contributed by atoms with Gasteiger partial charge in [-0.05, 0) is 23.8 Å². The summed E-state index contributed by atoms with van der Waals surface area (Å²) in [6.45, 7) is 1.02. The van der Waals surface area contributed by atoms with Gasteiger partial charge in [-0.2, -0.15) is 0 Å². The van der Waals surface area contributed by atoms with Crippen LogP contribution in [0.5, 0.6) is 11.5 Å². The molecule has 7 nitrogen and oxygen atoms in total. The lowest BCUT2D eigenvalue weighted by Crippen LogP contribution is -2.61. The fourth-order valence-corrected chi connectivity index (χ4v) is 3.09. The van der Waals surface area contributed by atoms with E-state index >= 15 is 0 Å². The summed E-state index contributed by atoms with van der Waals surface area (Å²) in [4.78, 5) is 38.4. The molecule has 1 aromatic rings. The molecule has 0 atom stereocenters. The van der Waals surface area contributed by atoms with Crippen LogP contribution in [0, 0.1) is 0 Å². The summed E-state index contributed by atoms with van der Waals surface area (Å²) >= 11 is 0. The predicted molar refractivity (Wildman–Crippen MR) is 83.1 cm³/mol. The molecule has 7 heteroatoms. The Morgan fingerprint density at radius 1 is 1.08 bits per heavy atom. The van der Waals surface area contributed by atoms with Crippen LogP contribution in [0.4, 0.5) is 0 Å². The molecule has 1 aromatic carbocycles. The average Bonchev–Trinajstić information content (AvgIpc) is 3.12. The van der Waals surface area contributed by atoms with E-state index in [9.17, 15) is 14.4 Å². The molecular formula is C17H16N2O5. The van der Waals surface area contributed by atoms with Crippen molar-refractivity contribution in [3.05, 3.63) is 29.8 Å². The number of fused-ring (bicyclic) bond motifs is 1. The lowest BCUT2D eigenvalue weighted by Gasteiger charge is -2.42. The van der Waals surface area contributed by atoms with E-state index in [4.69, 9.17) is 9.47 Å². The van der Waals surface area contributed by atoms with Gasteiger partial charge >= 0.3 is 0 Å². The first-order valence-electron chi connectivity index (χ1n) is 7.83. The second-order valence-electron chi connectivity index (χ2n) is 6.00. The minimum atomic E-state index is -0.171. The molecule has 0 spiro atoms. The molecular weight excluding hydrogens is 312 g/mol. The fraction of sp³-hybridized carbons (Fsp3) is 0.353. The Labute approximate surface area is 138 Å². The van der Waals surface area contributed by atoms with Crippen LogP contribution in [-0.4, -0.2) is 53.4 Å². The first kappa shape index (κ1) is 14.7. The van der Waals surface area contributed by atoms with Crippen molar-refractivity contribution in [2.75, 3.05) is 19.9 Å². The van der Waals surface area contributed by atoms with Crippen LogP contribution >= 0.6 is 0 Å². The van der Waals surface area contributed by atoms with Gasteiger partial charge in [-0.3, -0.25) is 19.3 Å². The van der Waals surface area contributed by atoms with E-state index in [0.717, 1.165) is 5.56 Å². The van der Waals surface area contributed by atoms with Crippen LogP contribution in [0.3, 0.4) is 0 Å². The van der Waals surface area contributed by atoms with Crippen LogP contribution < -0.4 is 9.47 Å². The summed E-state index contributed by atoms with van der Waals surface area (Å²) < 4.78 is 10.5. The minimum Gasteiger partial charge on any atom is -0.454 e. The van der Waals surface area contributed by atoms with Crippen LogP contribution in [0.2, 0.25) is 0 Å². The SMILES string of the molecule is O=C(/C=C/c1ccc2c(c1)OCO2)N1CC(N2C(=O)CCC2=O)C1. The van der Waals surface area contributed by atoms with E-state index in [1.807, 2.05) is 12.1 Å². The van der Waals surface area contributed by atoms with Crippen molar-refractivity contribution in [1.29, 1.82) is 0 Å². The number of likely N-dealkylation sites (tertiary alicyclic amines) is 2. The lowest BCUT2D eigenvalue weighted by molar-refractivity contribution is -0.149. The number of amides is 3. The second kappa shape index (κ2) is 5.67. The van der Waals surface area contributed by atoms with Gasteiger partial charge in [-0.1, -0.05) is 6.07 Å². The number of carbonyl (C=O) groups is 3. The van der Waals surface area contributed by atoms with Gasteiger partial charge in [-0.25, -0.2) is 0 Å². The molecule has 4 rings (SSSR count). The summed E-state index contributed by atoms with van der Waals surface area (Å²) in [7, 11) is 0. The number of hydrogen-bond acceptors (Lipinski definition) is 5. The Morgan fingerprint density at radius 3 is 2.54 bits per heavy atom. The van der Waals surface area contributed by atoms with E-state index in [1.165, 1.54) is 11.0 Å². The number of benzene rings is 1. The highest BCUT2D eigenvalue weighted by Gasteiger charge is 2.42. The van der Waals surface area contributed by atoms with Crippen molar-refractivity contribution in [2.24, 2.45) is 0 Å². The van der Waals surface area contributed by atoms with Crippen LogP contribution in [0.1, 0.15) is 18.4 Å². The fourth-order valence-electron chi connectivity index (χ4n) is 3.09. The summed E-state index contributed by atoms with van der Waals surface area (Å²) in [5, 5.41) is 0. The number of ether oxygens (including phenoxy) is 2. The second-order valence-corrected chi connectivity index (χ2v) is 6.00. The summed E-state index contributed by atoms with van der Waals surface area (Å²) in [6.07, 6.45) is 3.77. The lowest BCUT2D eigenvalue weighted by atomic mass is 10.1. The quantitative estimate of drug-likeness (QED) is 0.606. The van der Waals surface area contributed by atoms with Crippen molar-refractivity contribution < 1.29 is 23.9 Å². The zero-order valence-electron chi connectivity index (χ0n) is 12.9. The molecule has 0 bridgehead atoms. The van der Waals surface area contributed by atoms with Gasteiger partial charge < -0.3 is 14.4 Å². The van der Waals surface area contributed by atoms with Gasteiger partial charge in [0.25, 0.3) is 0 Å². The van der Waals surface area contributed by atoms with Crippen molar-refractivity contribution >= 4 is 23.8 Å². The van der Waals surface area contributed by atoms with E-state index in [-0.39, 0.29) is 43.4 Å². The average molecular weight is 328 g/mol. The number of carbonyl (C=O) groups excluding carboxylic acids is 3. The zero-order valence-corrected chi connectivity index (χ0v) is 12.9. The predicted octanol–water partition coefficient (Wildman–Crippen LogP) is 0.788. The number of nitrogens with zero attached hydrogens (tertiary/aromatic N) is 2. The van der Waals surface area contributed by atoms with Crippen molar-refractivity contribution in [3.8, 4) is 11.5 Å². The third-order valence-corrected chi connectivity index (χ3v) is 4.44. The number of imide groups is 1. The molecule has 3 heterocycles. The normalized spacial score (nSPS) is 20.2. The van der Waals surface area contributed by atoms with Gasteiger partial charge in [-0.15, -0.1) is 0 Å². The topological polar surface area (TPSA) is 76.2 Å². The molecule has 2 fully saturated rings. The van der Waals surface area contributed by atoms with Crippen LogP contribution in [0.25, 0.3) is 6.08 Å². The molecule has 0 radical (unpaired) electrons. The van der Waals surface area contributed by atoms with E-state index in [1.54, 1.807) is 17.0 Å². The first-order valence-corrected chi connectivity index (χ1v) is 7.83. The molecule has 2 saturated heterocycles. The third kappa shape index (κ3) is 2.51. The molecule has 124 valence electrons. The molecule has 0 aromatic heterocycles. The maximum Gasteiger partial charge on any atom is 0.246 e. The standard InChI is InChI=1S/C17H16N2O5/c20-15(4-2-11-1-3-13-14(7-11)24-10-23-13)18-8-12(9-18)19-16(21)5-6-17(19)22/h1-4,7,12H,5-6,8-10H2/b4-2+. The van der Waals surface area contributed by atoms with Gasteiger partial charge in [0.2, 0.25) is 24.5 Å². The molecule has 3 aliphatic heterocycles. The minimum absolute atomic E-state index is 0.131. The van der Waals surface area contributed by atoms with E-state index in [2.05, 4.69) is 0 Å². The maximum atomic E-state index is 12.2. The maximum absolute atomic E-state index is 12.2. The highest BCUT2D eigenvalue weighted by atomic mass is 16.7. The van der Waals surface area contributed by atoms with Crippen molar-refractivity contribution in [3.63, 3.8) is 0 Å². The summed E-state index contributed by atoms with van der Waals surface area (Å²) in [5.41, 5.74) is 0.842. The number of rotatable bonds is 3. The molecule has 3 aliphatic rings. The molecule has 3 amide bonds. The summed E-state index contributed by atoms with van der Waals surface area (Å²) in [5.74, 6) is 0.965. The highest BCUT2D eigenvalue weighted by Crippen LogP contribution is 2.32. The Bertz CT molecular complexity index is 735. The summed E-state index contributed by atoms with van der Waals surface area (Å²) in [6, 6.07) is 5.29. The Balaban J connectivity index is 1.34. The Hall–Kier alpha value is -2.83. The van der Waals surface area contributed by atoms with E-state index < -0.39 is 0 Å². The van der Waals surface area contributed by atoms with Crippen molar-refractivity contribution in [1.82, 2.24) is 9.80 Å². The van der Waals surface area contributed by atoms with E-state index in [0.29, 0.717) is 24.6 Å². The molecule has 24 heavy (non-hydrogen) atoms. The van der Waals surface area contributed by atoms with Gasteiger partial charge in [0, 0.05) is 32.0 Å².